The summed E-state index contributed by atoms with van der Waals surface area (Å²) in [6, 6.07) is 0.386. The van der Waals surface area contributed by atoms with Gasteiger partial charge in [0.1, 0.15) is 6.29 Å². The van der Waals surface area contributed by atoms with Crippen molar-refractivity contribution in [2.24, 2.45) is 0 Å². The van der Waals surface area contributed by atoms with Gasteiger partial charge < -0.3 is 19.9 Å². The maximum Gasteiger partial charge on any atom is 0.263 e. The number of nitrogens with zero attached hydrogens (tertiary/aromatic N) is 4. The first kappa shape index (κ1) is 32.4. The first-order valence-corrected chi connectivity index (χ1v) is 13.2. The van der Waals surface area contributed by atoms with Gasteiger partial charge in [-0.05, 0) is 78.7 Å². The van der Waals surface area contributed by atoms with Crippen molar-refractivity contribution in [3.05, 3.63) is 59.5 Å². The average Bonchev–Trinajstić information content (AvgIpc) is 3.23. The van der Waals surface area contributed by atoms with Crippen LogP contribution >= 0.6 is 0 Å². The molecule has 8 heteroatoms. The van der Waals surface area contributed by atoms with Crippen LogP contribution in [0.2, 0.25) is 0 Å². The summed E-state index contributed by atoms with van der Waals surface area (Å²) in [5, 5.41) is 8.61. The topological polar surface area (TPSA) is 53.4 Å². The molecule has 0 spiro atoms. The van der Waals surface area contributed by atoms with Crippen LogP contribution in [0.5, 0.6) is 0 Å². The number of alkyl halides is 2. The SMILES string of the molecule is C=C.C=C(C)/C(=C\C(=C(C)C)C(F)F)N(CCC)c1nn(C2CCNCC2)c2c1CN(C)CC2.CC=O. The van der Waals surface area contributed by atoms with Crippen molar-refractivity contribution in [1.29, 1.82) is 0 Å². The minimum absolute atomic E-state index is 0.0628. The number of halogens is 2. The van der Waals surface area contributed by atoms with Crippen LogP contribution in [-0.4, -0.2) is 60.6 Å². The summed E-state index contributed by atoms with van der Waals surface area (Å²) in [7, 11) is 2.13. The van der Waals surface area contributed by atoms with Crippen LogP contribution < -0.4 is 10.2 Å². The lowest BCUT2D eigenvalue weighted by atomic mass is 10.0. The highest BCUT2D eigenvalue weighted by molar-refractivity contribution is 5.60. The van der Waals surface area contributed by atoms with Crippen LogP contribution in [0.1, 0.15) is 71.2 Å². The molecule has 0 aromatic carbocycles. The van der Waals surface area contributed by atoms with Gasteiger partial charge in [-0.2, -0.15) is 5.10 Å². The maximum absolute atomic E-state index is 13.8. The summed E-state index contributed by atoms with van der Waals surface area (Å²) in [6.45, 7) is 23.6. The van der Waals surface area contributed by atoms with Crippen LogP contribution in [0.15, 0.2) is 48.2 Å². The number of carbonyl (C=O) groups is 1. The largest absolute Gasteiger partial charge is 0.324 e. The Morgan fingerprint density at radius 2 is 1.84 bits per heavy atom. The Hall–Kier alpha value is -2.58. The summed E-state index contributed by atoms with van der Waals surface area (Å²) in [5.74, 6) is 0.906. The predicted octanol–water partition coefficient (Wildman–Crippen LogP) is 6.08. The van der Waals surface area contributed by atoms with Crippen LogP contribution in [-0.2, 0) is 17.8 Å². The molecule has 0 radical (unpaired) electrons. The molecule has 3 rings (SSSR count). The van der Waals surface area contributed by atoms with Crippen LogP contribution in [0.3, 0.4) is 0 Å². The van der Waals surface area contributed by atoms with Gasteiger partial charge in [-0.25, -0.2) is 8.78 Å². The first-order valence-electron chi connectivity index (χ1n) is 13.2. The molecule has 2 aliphatic heterocycles. The molecule has 208 valence electrons. The molecule has 1 N–H and O–H groups in total. The molecule has 1 aromatic heterocycles. The van der Waals surface area contributed by atoms with Gasteiger partial charge in [0.05, 0.1) is 6.04 Å². The summed E-state index contributed by atoms with van der Waals surface area (Å²) in [5.41, 5.74) is 4.73. The van der Waals surface area contributed by atoms with E-state index in [2.05, 4.69) is 53.5 Å². The molecular weight excluding hydrogens is 472 g/mol. The summed E-state index contributed by atoms with van der Waals surface area (Å²) >= 11 is 0. The number of fused-ring (bicyclic) bond motifs is 1. The fraction of sp³-hybridized carbons (Fsp3) is 0.586. The average molecular weight is 520 g/mol. The monoisotopic (exact) mass is 519 g/mol. The lowest BCUT2D eigenvalue weighted by Gasteiger charge is -2.30. The molecule has 0 aliphatic carbocycles. The third-order valence-electron chi connectivity index (χ3n) is 6.45. The number of carbonyl (C=O) groups excluding carboxylic acids is 1. The van der Waals surface area contributed by atoms with Crippen LogP contribution in [0.4, 0.5) is 14.6 Å². The number of piperidine rings is 1. The molecule has 0 unspecified atom stereocenters. The molecular formula is C29H47F2N5O. The number of nitrogens with one attached hydrogen (secondary N) is 1. The van der Waals surface area contributed by atoms with Crippen molar-refractivity contribution >= 4 is 12.1 Å². The fourth-order valence-electron chi connectivity index (χ4n) is 4.70. The van der Waals surface area contributed by atoms with E-state index in [0.29, 0.717) is 18.2 Å². The highest BCUT2D eigenvalue weighted by atomic mass is 19.3. The van der Waals surface area contributed by atoms with E-state index < -0.39 is 6.43 Å². The van der Waals surface area contributed by atoms with Gasteiger partial charge in [-0.15, -0.1) is 13.2 Å². The van der Waals surface area contributed by atoms with Crippen molar-refractivity contribution in [2.75, 3.05) is 38.1 Å². The van der Waals surface area contributed by atoms with E-state index in [-0.39, 0.29) is 5.57 Å². The van der Waals surface area contributed by atoms with E-state index in [1.165, 1.54) is 18.2 Å². The molecule has 1 aromatic rings. The molecule has 0 saturated carbocycles. The number of hydrogen-bond donors (Lipinski definition) is 1. The minimum atomic E-state index is -2.52. The van der Waals surface area contributed by atoms with Crippen LogP contribution in [0, 0.1) is 0 Å². The standard InChI is InChI=1S/C25H39F2N5.C2H4O.C2H4/c1-7-13-31(23(18(4)5)15-20(17(2)3)24(26)27)25-21-16-30(6)14-10-22(21)32(29-25)19-8-11-28-12-9-19;1-2-3;1-2/h15,19,24,28H,4,7-14,16H2,1-3,5-6H3;2H,1H3;1-2H2/b23-15+;;. The van der Waals surface area contributed by atoms with Crippen molar-refractivity contribution in [2.45, 2.75) is 79.3 Å². The smallest absolute Gasteiger partial charge is 0.263 e. The summed E-state index contributed by atoms with van der Waals surface area (Å²) < 4.78 is 29.9. The Labute approximate surface area is 222 Å². The second kappa shape index (κ2) is 16.3. The number of hydrogen-bond acceptors (Lipinski definition) is 5. The van der Waals surface area contributed by atoms with Gasteiger partial charge >= 0.3 is 0 Å². The molecule has 0 amide bonds. The van der Waals surface area contributed by atoms with E-state index in [4.69, 9.17) is 9.89 Å². The van der Waals surface area contributed by atoms with Crippen LogP contribution in [0.25, 0.3) is 0 Å². The fourth-order valence-corrected chi connectivity index (χ4v) is 4.70. The molecule has 3 heterocycles. The van der Waals surface area contributed by atoms with Gasteiger partial charge in [0.2, 0.25) is 0 Å². The number of allylic oxidation sites excluding steroid dienone is 4. The minimum Gasteiger partial charge on any atom is -0.324 e. The zero-order valence-electron chi connectivity index (χ0n) is 23.7. The predicted molar refractivity (Wildman–Crippen MR) is 151 cm³/mol. The molecule has 37 heavy (non-hydrogen) atoms. The first-order chi connectivity index (χ1) is 17.7. The lowest BCUT2D eigenvalue weighted by molar-refractivity contribution is -0.106. The van der Waals surface area contributed by atoms with Crippen molar-refractivity contribution in [3.63, 3.8) is 0 Å². The Balaban J connectivity index is 0.00000127. The second-order valence-electron chi connectivity index (χ2n) is 9.62. The van der Waals surface area contributed by atoms with Crippen molar-refractivity contribution in [1.82, 2.24) is 20.0 Å². The Morgan fingerprint density at radius 3 is 2.32 bits per heavy atom. The van der Waals surface area contributed by atoms with E-state index in [0.717, 1.165) is 75.2 Å². The van der Waals surface area contributed by atoms with E-state index in [9.17, 15) is 8.78 Å². The van der Waals surface area contributed by atoms with Crippen molar-refractivity contribution < 1.29 is 13.6 Å². The number of aromatic nitrogens is 2. The number of likely N-dealkylation sites (N-methyl/N-ethyl adjacent to an activating group) is 1. The van der Waals surface area contributed by atoms with Gasteiger partial charge in [0, 0.05) is 48.6 Å². The molecule has 0 bridgehead atoms. The molecule has 2 aliphatic rings. The highest BCUT2D eigenvalue weighted by Gasteiger charge is 2.31. The van der Waals surface area contributed by atoms with E-state index in [1.807, 2.05) is 6.92 Å². The molecule has 6 nitrogen and oxygen atoms in total. The second-order valence-corrected chi connectivity index (χ2v) is 9.62. The third kappa shape index (κ3) is 8.75. The van der Waals surface area contributed by atoms with Gasteiger partial charge in [0.25, 0.3) is 6.43 Å². The summed E-state index contributed by atoms with van der Waals surface area (Å²) in [4.78, 5) is 13.2. The highest BCUT2D eigenvalue weighted by Crippen LogP contribution is 2.36. The zero-order chi connectivity index (χ0) is 28.1. The molecule has 0 atom stereocenters. The lowest BCUT2D eigenvalue weighted by Crippen LogP contribution is -2.32. The third-order valence-corrected chi connectivity index (χ3v) is 6.45. The number of rotatable bonds is 8. The van der Waals surface area contributed by atoms with Gasteiger partial charge in [0.15, 0.2) is 5.82 Å². The normalized spacial score (nSPS) is 16.1. The van der Waals surface area contributed by atoms with Gasteiger partial charge in [-0.3, -0.25) is 4.68 Å². The van der Waals surface area contributed by atoms with Crippen molar-refractivity contribution in [3.8, 4) is 0 Å². The molecule has 1 fully saturated rings. The maximum atomic E-state index is 13.8. The Bertz CT molecular complexity index is 940. The van der Waals surface area contributed by atoms with E-state index >= 15 is 0 Å². The Morgan fingerprint density at radius 1 is 1.24 bits per heavy atom. The van der Waals surface area contributed by atoms with E-state index in [1.54, 1.807) is 19.9 Å². The number of aldehydes is 1. The Kier molecular flexibility index (Phi) is 14.3. The molecule has 1 saturated heterocycles. The summed E-state index contributed by atoms with van der Waals surface area (Å²) in [6.07, 6.45) is 3.83. The quantitative estimate of drug-likeness (QED) is 0.256. The number of anilines is 1. The zero-order valence-corrected chi connectivity index (χ0v) is 23.7. The van der Waals surface area contributed by atoms with Gasteiger partial charge in [-0.1, -0.05) is 19.1 Å².